The lowest BCUT2D eigenvalue weighted by molar-refractivity contribution is -0.150. The first kappa shape index (κ1) is 21.5. The van der Waals surface area contributed by atoms with Gasteiger partial charge < -0.3 is 15.3 Å². The number of nitrogens with one attached hydrogen (secondary N) is 1. The largest absolute Gasteiger partial charge is 0.390 e. The zero-order chi connectivity index (χ0) is 21.0. The van der Waals surface area contributed by atoms with Gasteiger partial charge in [-0.25, -0.2) is 9.18 Å². The number of halogens is 2. The Morgan fingerprint density at radius 1 is 1.38 bits per heavy atom. The van der Waals surface area contributed by atoms with Crippen molar-refractivity contribution < 1.29 is 19.1 Å². The second-order valence-corrected chi connectivity index (χ2v) is 8.14. The summed E-state index contributed by atoms with van der Waals surface area (Å²) in [5.41, 5.74) is 0.365. The van der Waals surface area contributed by atoms with E-state index in [0.717, 1.165) is 12.8 Å². The monoisotopic (exact) mass is 467 g/mol. The highest BCUT2D eigenvalue weighted by atomic mass is 79.9. The van der Waals surface area contributed by atoms with E-state index >= 15 is 0 Å². The van der Waals surface area contributed by atoms with E-state index in [1.807, 2.05) is 6.07 Å². The molecule has 1 aliphatic carbocycles. The third-order valence-electron chi connectivity index (χ3n) is 4.84. The number of carbonyl (C=O) groups excluding carboxylic acids is 2. The molecule has 1 aliphatic heterocycles. The average molecular weight is 468 g/mol. The standard InChI is InChI=1S/C19H23BrFN5O3/c20-14-4-3-13(17(21)8-14)9-23-19(29)26(15-5-6-15)25-11-16(27)10-24(12-25)18(28)2-1-7-22/h3-4,8,15-16,27H,1-2,5-6,9-12H2,(H,23,29). The van der Waals surface area contributed by atoms with Gasteiger partial charge in [-0.1, -0.05) is 22.0 Å². The van der Waals surface area contributed by atoms with Crippen LogP contribution in [-0.4, -0.2) is 63.9 Å². The van der Waals surface area contributed by atoms with Gasteiger partial charge in [-0.05, 0) is 25.0 Å². The highest BCUT2D eigenvalue weighted by Gasteiger charge is 2.40. The molecule has 8 nitrogen and oxygen atoms in total. The van der Waals surface area contributed by atoms with E-state index in [1.165, 1.54) is 16.0 Å². The number of β-amino-alcohol motifs (C(OH)–C–C–N with tert-alkyl or cyclic N) is 1. The molecule has 1 atom stereocenters. The van der Waals surface area contributed by atoms with Crippen molar-refractivity contribution in [3.05, 3.63) is 34.1 Å². The van der Waals surface area contributed by atoms with Crippen LogP contribution in [-0.2, 0) is 11.3 Å². The summed E-state index contributed by atoms with van der Waals surface area (Å²) in [4.78, 5) is 26.6. The molecule has 1 saturated heterocycles. The summed E-state index contributed by atoms with van der Waals surface area (Å²) in [5, 5.41) is 24.8. The molecule has 1 heterocycles. The van der Waals surface area contributed by atoms with Crippen LogP contribution in [0.15, 0.2) is 22.7 Å². The van der Waals surface area contributed by atoms with Crippen molar-refractivity contribution in [2.75, 3.05) is 19.8 Å². The van der Waals surface area contributed by atoms with E-state index in [1.54, 1.807) is 17.1 Å². The molecule has 2 aliphatic rings. The molecule has 1 saturated carbocycles. The molecule has 3 rings (SSSR count). The lowest BCUT2D eigenvalue weighted by Crippen LogP contribution is -2.62. The minimum atomic E-state index is -0.798. The topological polar surface area (TPSA) is 99.9 Å². The van der Waals surface area contributed by atoms with Gasteiger partial charge in [-0.2, -0.15) is 10.3 Å². The number of benzene rings is 1. The molecule has 2 N–H and O–H groups in total. The molecule has 1 aromatic carbocycles. The molecule has 0 radical (unpaired) electrons. The minimum Gasteiger partial charge on any atom is -0.390 e. The molecule has 10 heteroatoms. The van der Waals surface area contributed by atoms with Crippen molar-refractivity contribution in [2.45, 2.75) is 44.4 Å². The average Bonchev–Trinajstić information content (AvgIpc) is 3.50. The van der Waals surface area contributed by atoms with Crippen molar-refractivity contribution >= 4 is 27.9 Å². The van der Waals surface area contributed by atoms with Gasteiger partial charge in [0.05, 0.1) is 24.9 Å². The van der Waals surface area contributed by atoms with Crippen LogP contribution in [0.1, 0.15) is 31.2 Å². The lowest BCUT2D eigenvalue weighted by Gasteiger charge is -2.43. The van der Waals surface area contributed by atoms with Crippen LogP contribution in [0.25, 0.3) is 0 Å². The van der Waals surface area contributed by atoms with Gasteiger partial charge in [-0.3, -0.25) is 9.80 Å². The van der Waals surface area contributed by atoms with Gasteiger partial charge in [0.2, 0.25) is 5.91 Å². The number of hydrazine groups is 1. The van der Waals surface area contributed by atoms with E-state index in [-0.39, 0.29) is 51.1 Å². The van der Waals surface area contributed by atoms with Crippen molar-refractivity contribution in [1.29, 1.82) is 5.26 Å². The lowest BCUT2D eigenvalue weighted by atomic mass is 10.2. The van der Waals surface area contributed by atoms with Gasteiger partial charge in [0.25, 0.3) is 0 Å². The van der Waals surface area contributed by atoms with E-state index in [4.69, 9.17) is 5.26 Å². The van der Waals surface area contributed by atoms with Crippen molar-refractivity contribution in [2.24, 2.45) is 0 Å². The number of nitriles is 1. The first-order valence-corrected chi connectivity index (χ1v) is 10.3. The number of aliphatic hydroxyl groups is 1. The Hall–Kier alpha value is -2.22. The van der Waals surface area contributed by atoms with Crippen LogP contribution in [0.5, 0.6) is 0 Å². The summed E-state index contributed by atoms with van der Waals surface area (Å²) in [6, 6.07) is 6.18. The Kier molecular flexibility index (Phi) is 7.05. The maximum absolute atomic E-state index is 14.0. The Labute approximate surface area is 177 Å². The van der Waals surface area contributed by atoms with Crippen LogP contribution in [0, 0.1) is 17.1 Å². The van der Waals surface area contributed by atoms with Crippen LogP contribution < -0.4 is 5.32 Å². The predicted octanol–water partition coefficient (Wildman–Crippen LogP) is 1.94. The molecular formula is C19H23BrFN5O3. The highest BCUT2D eigenvalue weighted by molar-refractivity contribution is 9.10. The Morgan fingerprint density at radius 3 is 2.79 bits per heavy atom. The first-order chi connectivity index (χ1) is 13.9. The molecule has 2 fully saturated rings. The third-order valence-corrected chi connectivity index (χ3v) is 5.33. The first-order valence-electron chi connectivity index (χ1n) is 9.47. The smallest absolute Gasteiger partial charge is 0.332 e. The predicted molar refractivity (Wildman–Crippen MR) is 105 cm³/mol. The molecule has 3 amide bonds. The van der Waals surface area contributed by atoms with Gasteiger partial charge in [0.15, 0.2) is 0 Å². The Balaban J connectivity index is 1.65. The molecular weight excluding hydrogens is 445 g/mol. The van der Waals surface area contributed by atoms with E-state index in [2.05, 4.69) is 21.2 Å². The SMILES string of the molecule is N#CCCC(=O)N1CC(O)CN(N(C(=O)NCc2ccc(Br)cc2F)C2CC2)C1. The molecule has 29 heavy (non-hydrogen) atoms. The van der Waals surface area contributed by atoms with Gasteiger partial charge in [0, 0.05) is 42.5 Å². The molecule has 0 bridgehead atoms. The summed E-state index contributed by atoms with van der Waals surface area (Å²) < 4.78 is 14.6. The molecule has 1 aromatic rings. The fraction of sp³-hybridized carbons (Fsp3) is 0.526. The van der Waals surface area contributed by atoms with Gasteiger partial charge in [-0.15, -0.1) is 0 Å². The number of hydrogen-bond donors (Lipinski definition) is 2. The number of urea groups is 1. The van der Waals surface area contributed by atoms with E-state index < -0.39 is 18.0 Å². The summed E-state index contributed by atoms with van der Waals surface area (Å²) in [6.45, 7) is 0.587. The second-order valence-electron chi connectivity index (χ2n) is 7.23. The van der Waals surface area contributed by atoms with E-state index in [9.17, 15) is 19.1 Å². The van der Waals surface area contributed by atoms with Gasteiger partial charge in [0.1, 0.15) is 5.82 Å². The number of nitrogens with zero attached hydrogens (tertiary/aromatic N) is 4. The second kappa shape index (κ2) is 9.52. The molecule has 0 aromatic heterocycles. The maximum atomic E-state index is 14.0. The summed E-state index contributed by atoms with van der Waals surface area (Å²) >= 11 is 3.20. The van der Waals surface area contributed by atoms with Crippen LogP contribution >= 0.6 is 15.9 Å². The Morgan fingerprint density at radius 2 is 2.14 bits per heavy atom. The molecule has 156 valence electrons. The fourth-order valence-corrected chi connectivity index (χ4v) is 3.62. The van der Waals surface area contributed by atoms with Gasteiger partial charge >= 0.3 is 6.03 Å². The summed E-state index contributed by atoms with van der Waals surface area (Å²) in [5.74, 6) is -0.649. The van der Waals surface area contributed by atoms with Crippen LogP contribution in [0.4, 0.5) is 9.18 Å². The normalized spacial score (nSPS) is 19.5. The van der Waals surface area contributed by atoms with E-state index in [0.29, 0.717) is 10.0 Å². The number of amides is 3. The van der Waals surface area contributed by atoms with Crippen LogP contribution in [0.3, 0.4) is 0 Å². The van der Waals surface area contributed by atoms with Crippen molar-refractivity contribution in [3.8, 4) is 6.07 Å². The zero-order valence-electron chi connectivity index (χ0n) is 15.9. The zero-order valence-corrected chi connectivity index (χ0v) is 17.4. The van der Waals surface area contributed by atoms with Crippen molar-refractivity contribution in [3.63, 3.8) is 0 Å². The third kappa shape index (κ3) is 5.65. The number of carbonyl (C=O) groups is 2. The highest BCUT2D eigenvalue weighted by Crippen LogP contribution is 2.29. The Bertz CT molecular complexity index is 814. The van der Waals surface area contributed by atoms with Crippen molar-refractivity contribution in [1.82, 2.24) is 20.2 Å². The number of aliphatic hydroxyl groups excluding tert-OH is 1. The minimum absolute atomic E-state index is 0.00822. The molecule has 0 spiro atoms. The number of hydrogen-bond acceptors (Lipinski definition) is 5. The fourth-order valence-electron chi connectivity index (χ4n) is 3.29. The maximum Gasteiger partial charge on any atom is 0.332 e. The summed E-state index contributed by atoms with van der Waals surface area (Å²) in [7, 11) is 0. The quantitative estimate of drug-likeness (QED) is 0.665. The summed E-state index contributed by atoms with van der Waals surface area (Å²) in [6.07, 6.45) is 1.05. The number of rotatable bonds is 6. The van der Waals surface area contributed by atoms with Crippen LogP contribution in [0.2, 0.25) is 0 Å². The molecule has 1 unspecified atom stereocenters.